The molecule has 0 fully saturated rings. The van der Waals surface area contributed by atoms with Gasteiger partial charge in [-0.3, -0.25) is 4.99 Å². The van der Waals surface area contributed by atoms with Gasteiger partial charge in [-0.2, -0.15) is 0 Å². The number of guanidine groups is 1. The third-order valence-electron chi connectivity index (χ3n) is 2.06. The SMILES string of the molecule is CCCN=C(NCC)NCCn1ccnc1.I. The summed E-state index contributed by atoms with van der Waals surface area (Å²) in [5, 5.41) is 6.50. The van der Waals surface area contributed by atoms with Gasteiger partial charge in [-0.05, 0) is 13.3 Å². The van der Waals surface area contributed by atoms with Crippen molar-refractivity contribution in [2.24, 2.45) is 4.99 Å². The van der Waals surface area contributed by atoms with Crippen molar-refractivity contribution in [3.8, 4) is 0 Å². The molecule has 0 radical (unpaired) electrons. The maximum atomic E-state index is 4.42. The molecule has 0 unspecified atom stereocenters. The molecule has 0 atom stereocenters. The third kappa shape index (κ3) is 7.19. The average molecular weight is 351 g/mol. The average Bonchev–Trinajstić information content (AvgIpc) is 2.79. The zero-order valence-corrected chi connectivity index (χ0v) is 12.8. The lowest BCUT2D eigenvalue weighted by Crippen LogP contribution is -2.38. The lowest BCUT2D eigenvalue weighted by atomic mass is 10.5. The summed E-state index contributed by atoms with van der Waals surface area (Å²) in [6.07, 6.45) is 6.63. The second-order valence-corrected chi connectivity index (χ2v) is 3.49. The highest BCUT2D eigenvalue weighted by atomic mass is 127. The molecule has 2 N–H and O–H groups in total. The predicted octanol–water partition coefficient (Wildman–Crippen LogP) is 1.47. The standard InChI is InChI=1S/C11H21N5.HI/c1-3-5-14-11(13-4-2)15-7-9-16-8-6-12-10-16;/h6,8,10H,3-5,7,9H2,1-2H3,(H2,13,14,15);1H. The minimum Gasteiger partial charge on any atom is -0.357 e. The Balaban J connectivity index is 0.00000256. The number of aromatic nitrogens is 2. The molecule has 0 aliphatic carbocycles. The largest absolute Gasteiger partial charge is 0.357 e. The number of imidazole rings is 1. The van der Waals surface area contributed by atoms with Gasteiger partial charge in [0.2, 0.25) is 0 Å². The monoisotopic (exact) mass is 351 g/mol. The van der Waals surface area contributed by atoms with Crippen LogP contribution in [0.1, 0.15) is 20.3 Å². The van der Waals surface area contributed by atoms with Crippen LogP contribution in [0.2, 0.25) is 0 Å². The minimum atomic E-state index is 0. The first-order valence-corrected chi connectivity index (χ1v) is 5.84. The molecule has 1 heterocycles. The Hall–Kier alpha value is -0.790. The molecular formula is C11H22IN5. The van der Waals surface area contributed by atoms with Gasteiger partial charge in [-0.15, -0.1) is 24.0 Å². The maximum absolute atomic E-state index is 4.42. The highest BCUT2D eigenvalue weighted by molar-refractivity contribution is 14.0. The van der Waals surface area contributed by atoms with Crippen LogP contribution >= 0.6 is 24.0 Å². The first kappa shape index (κ1) is 16.2. The molecule has 17 heavy (non-hydrogen) atoms. The van der Waals surface area contributed by atoms with Crippen molar-refractivity contribution in [1.82, 2.24) is 20.2 Å². The van der Waals surface area contributed by atoms with Crippen molar-refractivity contribution in [3.63, 3.8) is 0 Å². The number of nitrogens with one attached hydrogen (secondary N) is 2. The van der Waals surface area contributed by atoms with Crippen molar-refractivity contribution < 1.29 is 0 Å². The van der Waals surface area contributed by atoms with E-state index in [0.717, 1.165) is 38.6 Å². The van der Waals surface area contributed by atoms with E-state index < -0.39 is 0 Å². The molecule has 0 bridgehead atoms. The number of halogens is 1. The summed E-state index contributed by atoms with van der Waals surface area (Å²) in [5.74, 6) is 0.893. The van der Waals surface area contributed by atoms with Crippen LogP contribution in [0.3, 0.4) is 0 Å². The van der Waals surface area contributed by atoms with Crippen molar-refractivity contribution in [2.45, 2.75) is 26.8 Å². The van der Waals surface area contributed by atoms with Gasteiger partial charge in [0.1, 0.15) is 0 Å². The fraction of sp³-hybridized carbons (Fsp3) is 0.636. The molecule has 1 rings (SSSR count). The molecule has 5 nitrogen and oxygen atoms in total. The lowest BCUT2D eigenvalue weighted by Gasteiger charge is -2.11. The molecule has 1 aromatic rings. The summed E-state index contributed by atoms with van der Waals surface area (Å²) in [6, 6.07) is 0. The van der Waals surface area contributed by atoms with E-state index in [1.54, 1.807) is 6.20 Å². The molecule has 0 aliphatic rings. The van der Waals surface area contributed by atoms with Crippen molar-refractivity contribution in [1.29, 1.82) is 0 Å². The number of rotatable bonds is 6. The van der Waals surface area contributed by atoms with E-state index in [1.165, 1.54) is 0 Å². The van der Waals surface area contributed by atoms with Crippen molar-refractivity contribution >= 4 is 29.9 Å². The Morgan fingerprint density at radius 3 is 2.76 bits per heavy atom. The van der Waals surface area contributed by atoms with Crippen LogP contribution in [0.15, 0.2) is 23.7 Å². The second kappa shape index (κ2) is 10.4. The highest BCUT2D eigenvalue weighted by Gasteiger charge is 1.95. The van der Waals surface area contributed by atoms with E-state index in [2.05, 4.69) is 34.5 Å². The first-order chi connectivity index (χ1) is 7.86. The smallest absolute Gasteiger partial charge is 0.191 e. The summed E-state index contributed by atoms with van der Waals surface area (Å²) in [5.41, 5.74) is 0. The Morgan fingerprint density at radius 1 is 1.35 bits per heavy atom. The van der Waals surface area contributed by atoms with Crippen LogP contribution in [0.25, 0.3) is 0 Å². The van der Waals surface area contributed by atoms with Crippen molar-refractivity contribution in [2.75, 3.05) is 19.6 Å². The van der Waals surface area contributed by atoms with Gasteiger partial charge in [0.05, 0.1) is 6.33 Å². The Labute approximate surface area is 120 Å². The van der Waals surface area contributed by atoms with Crippen LogP contribution in [0.4, 0.5) is 0 Å². The molecule has 0 spiro atoms. The molecule has 0 aromatic carbocycles. The third-order valence-corrected chi connectivity index (χ3v) is 2.06. The Morgan fingerprint density at radius 2 is 2.18 bits per heavy atom. The summed E-state index contributed by atoms with van der Waals surface area (Å²) < 4.78 is 2.04. The quantitative estimate of drug-likeness (QED) is 0.464. The number of aliphatic imine (C=N–C) groups is 1. The molecule has 98 valence electrons. The minimum absolute atomic E-state index is 0. The van der Waals surface area contributed by atoms with Gasteiger partial charge in [0.15, 0.2) is 5.96 Å². The van der Waals surface area contributed by atoms with Gasteiger partial charge in [0, 0.05) is 38.6 Å². The maximum Gasteiger partial charge on any atom is 0.191 e. The van der Waals surface area contributed by atoms with E-state index in [1.807, 2.05) is 17.1 Å². The number of hydrogen-bond donors (Lipinski definition) is 2. The zero-order valence-electron chi connectivity index (χ0n) is 10.5. The summed E-state index contributed by atoms with van der Waals surface area (Å²) in [4.78, 5) is 8.42. The molecule has 6 heteroatoms. The Bertz CT molecular complexity index is 297. The normalized spacial score (nSPS) is 10.8. The van der Waals surface area contributed by atoms with Gasteiger partial charge < -0.3 is 15.2 Å². The van der Waals surface area contributed by atoms with E-state index in [-0.39, 0.29) is 24.0 Å². The molecule has 0 aliphatic heterocycles. The molecule has 0 saturated heterocycles. The van der Waals surface area contributed by atoms with Gasteiger partial charge in [-0.1, -0.05) is 6.92 Å². The molecule has 0 amide bonds. The summed E-state index contributed by atoms with van der Waals surface area (Å²) in [7, 11) is 0. The lowest BCUT2D eigenvalue weighted by molar-refractivity contribution is 0.661. The second-order valence-electron chi connectivity index (χ2n) is 3.49. The topological polar surface area (TPSA) is 54.2 Å². The molecular weight excluding hydrogens is 329 g/mol. The van der Waals surface area contributed by atoms with E-state index in [0.29, 0.717) is 0 Å². The zero-order chi connectivity index (χ0) is 11.6. The van der Waals surface area contributed by atoms with Gasteiger partial charge >= 0.3 is 0 Å². The van der Waals surface area contributed by atoms with Crippen LogP contribution in [-0.2, 0) is 6.54 Å². The van der Waals surface area contributed by atoms with Crippen LogP contribution < -0.4 is 10.6 Å². The summed E-state index contributed by atoms with van der Waals surface area (Å²) >= 11 is 0. The van der Waals surface area contributed by atoms with Gasteiger partial charge in [-0.25, -0.2) is 4.98 Å². The number of nitrogens with zero attached hydrogens (tertiary/aromatic N) is 3. The fourth-order valence-corrected chi connectivity index (χ4v) is 1.29. The van der Waals surface area contributed by atoms with Crippen LogP contribution in [0.5, 0.6) is 0 Å². The highest BCUT2D eigenvalue weighted by Crippen LogP contribution is 1.84. The first-order valence-electron chi connectivity index (χ1n) is 5.84. The molecule has 1 aromatic heterocycles. The van der Waals surface area contributed by atoms with Gasteiger partial charge in [0.25, 0.3) is 0 Å². The van der Waals surface area contributed by atoms with E-state index >= 15 is 0 Å². The summed E-state index contributed by atoms with van der Waals surface area (Å²) in [6.45, 7) is 7.70. The predicted molar refractivity (Wildman–Crippen MR) is 81.9 cm³/mol. The van der Waals surface area contributed by atoms with Crippen LogP contribution in [0, 0.1) is 0 Å². The van der Waals surface area contributed by atoms with E-state index in [4.69, 9.17) is 0 Å². The fourth-order valence-electron chi connectivity index (χ4n) is 1.29. The Kier molecular flexibility index (Phi) is 9.89. The molecule has 0 saturated carbocycles. The van der Waals surface area contributed by atoms with E-state index in [9.17, 15) is 0 Å². The number of hydrogen-bond acceptors (Lipinski definition) is 2. The van der Waals surface area contributed by atoms with Crippen molar-refractivity contribution in [3.05, 3.63) is 18.7 Å². The van der Waals surface area contributed by atoms with Crippen LogP contribution in [-0.4, -0.2) is 35.1 Å².